The first-order chi connectivity index (χ1) is 9.88. The Morgan fingerprint density at radius 2 is 2.05 bits per heavy atom. The molecule has 1 heterocycles. The first kappa shape index (κ1) is 15.0. The van der Waals surface area contributed by atoms with E-state index in [2.05, 4.69) is 5.32 Å². The molecule has 0 bridgehead atoms. The van der Waals surface area contributed by atoms with E-state index in [-0.39, 0.29) is 24.4 Å². The van der Waals surface area contributed by atoms with Crippen LogP contribution < -0.4 is 5.32 Å². The van der Waals surface area contributed by atoms with E-state index < -0.39 is 24.0 Å². The van der Waals surface area contributed by atoms with E-state index in [0.29, 0.717) is 5.69 Å². The van der Waals surface area contributed by atoms with Crippen LogP contribution in [0.3, 0.4) is 0 Å². The van der Waals surface area contributed by atoms with Gasteiger partial charge in [-0.3, -0.25) is 9.59 Å². The number of carboxylic acids is 1. The molecule has 0 saturated carbocycles. The van der Waals surface area contributed by atoms with Gasteiger partial charge in [0.05, 0.1) is 6.10 Å². The molecule has 0 radical (unpaired) electrons. The fraction of sp³-hybridized carbons (Fsp3) is 0.357. The summed E-state index contributed by atoms with van der Waals surface area (Å²) >= 11 is 0. The van der Waals surface area contributed by atoms with Crippen molar-refractivity contribution in [2.45, 2.75) is 25.5 Å². The molecule has 1 aromatic rings. The Balaban J connectivity index is 2.23. The van der Waals surface area contributed by atoms with Crippen molar-refractivity contribution in [1.29, 1.82) is 0 Å². The molecule has 2 atom stereocenters. The molecule has 1 aromatic carbocycles. The zero-order valence-corrected chi connectivity index (χ0v) is 11.4. The van der Waals surface area contributed by atoms with Crippen molar-refractivity contribution < 1.29 is 24.6 Å². The molecule has 2 amide bonds. The maximum Gasteiger partial charge on any atom is 0.326 e. The minimum atomic E-state index is -1.14. The number of β-amino-alcohol motifs (C(OH)–C–C–N with tert-alkyl or cyclic N) is 1. The van der Waals surface area contributed by atoms with Crippen LogP contribution in [0.4, 0.5) is 5.69 Å². The number of carbonyl (C=O) groups excluding carboxylic acids is 2. The van der Waals surface area contributed by atoms with E-state index in [0.717, 1.165) is 4.90 Å². The summed E-state index contributed by atoms with van der Waals surface area (Å²) in [6, 6.07) is 5.22. The van der Waals surface area contributed by atoms with Crippen LogP contribution in [0.1, 0.15) is 23.7 Å². The van der Waals surface area contributed by atoms with Crippen molar-refractivity contribution in [3.63, 3.8) is 0 Å². The van der Waals surface area contributed by atoms with Gasteiger partial charge in [0.15, 0.2) is 0 Å². The smallest absolute Gasteiger partial charge is 0.326 e. The van der Waals surface area contributed by atoms with E-state index in [4.69, 9.17) is 5.11 Å². The van der Waals surface area contributed by atoms with Gasteiger partial charge >= 0.3 is 5.97 Å². The standard InChI is InChI=1S/C14H16N2O5/c1-8(17)15-10-4-2-3-9(5-10)13(19)16-7-11(18)6-12(16)14(20)21/h2-5,11-12,18H,6-7H2,1H3,(H,15,17)(H,20,21). The Morgan fingerprint density at radius 1 is 1.33 bits per heavy atom. The van der Waals surface area contributed by atoms with E-state index in [1.54, 1.807) is 12.1 Å². The van der Waals surface area contributed by atoms with Gasteiger partial charge in [-0.2, -0.15) is 0 Å². The summed E-state index contributed by atoms with van der Waals surface area (Å²) in [5.74, 6) is -1.89. The van der Waals surface area contributed by atoms with Crippen LogP contribution >= 0.6 is 0 Å². The third-order valence-electron chi connectivity index (χ3n) is 3.25. The molecule has 0 spiro atoms. The van der Waals surface area contributed by atoms with E-state index in [1.807, 2.05) is 0 Å². The highest BCUT2D eigenvalue weighted by Gasteiger charge is 2.39. The molecule has 1 saturated heterocycles. The molecular formula is C14H16N2O5. The van der Waals surface area contributed by atoms with Crippen LogP contribution in [0.15, 0.2) is 24.3 Å². The summed E-state index contributed by atoms with van der Waals surface area (Å²) in [6.07, 6.45) is -0.819. The number of hydrogen-bond acceptors (Lipinski definition) is 4. The largest absolute Gasteiger partial charge is 0.480 e. The Kier molecular flexibility index (Phi) is 4.23. The van der Waals surface area contributed by atoms with Gasteiger partial charge in [-0.05, 0) is 18.2 Å². The minimum Gasteiger partial charge on any atom is -0.480 e. The van der Waals surface area contributed by atoms with E-state index >= 15 is 0 Å². The monoisotopic (exact) mass is 292 g/mol. The molecule has 1 aliphatic heterocycles. The highest BCUT2D eigenvalue weighted by molar-refractivity contribution is 5.98. The number of carboxylic acid groups (broad SMARTS) is 1. The Bertz CT molecular complexity index is 586. The van der Waals surface area contributed by atoms with Gasteiger partial charge in [0.25, 0.3) is 5.91 Å². The van der Waals surface area contributed by atoms with Crippen LogP contribution in [0.2, 0.25) is 0 Å². The van der Waals surface area contributed by atoms with Crippen molar-refractivity contribution >= 4 is 23.5 Å². The maximum absolute atomic E-state index is 12.4. The van der Waals surface area contributed by atoms with Gasteiger partial charge in [-0.15, -0.1) is 0 Å². The maximum atomic E-state index is 12.4. The normalized spacial score (nSPS) is 21.1. The quantitative estimate of drug-likeness (QED) is 0.743. The predicted octanol–water partition coefficient (Wildman–Crippen LogP) is 0.305. The number of likely N-dealkylation sites (tertiary alicyclic amines) is 1. The lowest BCUT2D eigenvalue weighted by Crippen LogP contribution is -2.40. The van der Waals surface area contributed by atoms with Crippen molar-refractivity contribution in [3.8, 4) is 0 Å². The van der Waals surface area contributed by atoms with Crippen molar-refractivity contribution in [2.75, 3.05) is 11.9 Å². The molecule has 0 aromatic heterocycles. The van der Waals surface area contributed by atoms with Gasteiger partial charge in [-0.25, -0.2) is 4.79 Å². The zero-order valence-electron chi connectivity index (χ0n) is 11.4. The fourth-order valence-electron chi connectivity index (χ4n) is 2.37. The van der Waals surface area contributed by atoms with Crippen LogP contribution in [0, 0.1) is 0 Å². The molecule has 112 valence electrons. The number of rotatable bonds is 3. The number of amides is 2. The molecule has 2 rings (SSSR count). The van der Waals surface area contributed by atoms with Crippen LogP contribution in [0.25, 0.3) is 0 Å². The summed E-state index contributed by atoms with van der Waals surface area (Å²) in [7, 11) is 0. The second kappa shape index (κ2) is 5.92. The second-order valence-electron chi connectivity index (χ2n) is 4.96. The number of carbonyl (C=O) groups is 3. The first-order valence-electron chi connectivity index (χ1n) is 6.48. The Hall–Kier alpha value is -2.41. The number of benzene rings is 1. The van der Waals surface area contributed by atoms with Gasteiger partial charge in [-0.1, -0.05) is 6.07 Å². The molecule has 21 heavy (non-hydrogen) atoms. The molecule has 7 heteroatoms. The first-order valence-corrected chi connectivity index (χ1v) is 6.48. The topological polar surface area (TPSA) is 107 Å². The van der Waals surface area contributed by atoms with Crippen molar-refractivity contribution in [1.82, 2.24) is 4.90 Å². The number of aliphatic hydroxyl groups excluding tert-OH is 1. The summed E-state index contributed by atoms with van der Waals surface area (Å²) in [5.41, 5.74) is 0.724. The van der Waals surface area contributed by atoms with Crippen LogP contribution in [-0.2, 0) is 9.59 Å². The third-order valence-corrected chi connectivity index (χ3v) is 3.25. The van der Waals surface area contributed by atoms with Gasteiger partial charge < -0.3 is 20.4 Å². The molecule has 1 aliphatic rings. The number of anilines is 1. The lowest BCUT2D eigenvalue weighted by Gasteiger charge is -2.21. The van der Waals surface area contributed by atoms with E-state index in [1.165, 1.54) is 19.1 Å². The zero-order chi connectivity index (χ0) is 15.6. The summed E-state index contributed by atoms with van der Waals surface area (Å²) in [5, 5.41) is 21.2. The number of nitrogens with one attached hydrogen (secondary N) is 1. The third kappa shape index (κ3) is 3.38. The highest BCUT2D eigenvalue weighted by atomic mass is 16.4. The summed E-state index contributed by atoms with van der Waals surface area (Å²) in [6.45, 7) is 1.34. The lowest BCUT2D eigenvalue weighted by molar-refractivity contribution is -0.141. The van der Waals surface area contributed by atoms with Crippen LogP contribution in [-0.4, -0.2) is 51.6 Å². The van der Waals surface area contributed by atoms with Gasteiger partial charge in [0.1, 0.15) is 6.04 Å². The molecule has 3 N–H and O–H groups in total. The number of aliphatic carboxylic acids is 1. The van der Waals surface area contributed by atoms with Gasteiger partial charge in [0, 0.05) is 31.1 Å². The highest BCUT2D eigenvalue weighted by Crippen LogP contribution is 2.22. The minimum absolute atomic E-state index is 0.0137. The Labute approximate surface area is 121 Å². The SMILES string of the molecule is CC(=O)Nc1cccc(C(=O)N2CC(O)CC2C(=O)O)c1. The van der Waals surface area contributed by atoms with Gasteiger partial charge in [0.2, 0.25) is 5.91 Å². The number of nitrogens with zero attached hydrogens (tertiary/aromatic N) is 1. The molecule has 2 unspecified atom stereocenters. The molecule has 7 nitrogen and oxygen atoms in total. The lowest BCUT2D eigenvalue weighted by atomic mass is 10.1. The summed E-state index contributed by atoms with van der Waals surface area (Å²) < 4.78 is 0. The molecule has 1 fully saturated rings. The van der Waals surface area contributed by atoms with Crippen molar-refractivity contribution in [3.05, 3.63) is 29.8 Å². The van der Waals surface area contributed by atoms with Crippen LogP contribution in [0.5, 0.6) is 0 Å². The average Bonchev–Trinajstić information content (AvgIpc) is 2.80. The average molecular weight is 292 g/mol. The molecular weight excluding hydrogens is 276 g/mol. The number of aliphatic hydroxyl groups is 1. The fourth-order valence-corrected chi connectivity index (χ4v) is 2.37. The summed E-state index contributed by atoms with van der Waals surface area (Å²) in [4.78, 5) is 35.7. The number of hydrogen-bond donors (Lipinski definition) is 3. The molecule has 0 aliphatic carbocycles. The Morgan fingerprint density at radius 3 is 2.67 bits per heavy atom. The second-order valence-corrected chi connectivity index (χ2v) is 4.96. The van der Waals surface area contributed by atoms with Crippen molar-refractivity contribution in [2.24, 2.45) is 0 Å². The predicted molar refractivity (Wildman–Crippen MR) is 73.8 cm³/mol. The van der Waals surface area contributed by atoms with E-state index in [9.17, 15) is 19.5 Å².